The van der Waals surface area contributed by atoms with Crippen LogP contribution in [0, 0.1) is 11.3 Å². The standard InChI is InChI=1S/C15H18N2/c16-11-14-15(12-7-3-1-4-8-12)17(14)13-9-5-2-6-10-13/h1,3-4,7-8,13-15H,2,5-6,9-10H2/t14-,15+,17?/m0/s1. The van der Waals surface area contributed by atoms with Gasteiger partial charge in [-0.1, -0.05) is 49.6 Å². The van der Waals surface area contributed by atoms with E-state index in [9.17, 15) is 5.26 Å². The maximum atomic E-state index is 9.25. The molecule has 0 amide bonds. The van der Waals surface area contributed by atoms with Crippen molar-refractivity contribution in [3.05, 3.63) is 35.9 Å². The molecule has 1 aliphatic carbocycles. The van der Waals surface area contributed by atoms with Crippen LogP contribution in [0.4, 0.5) is 0 Å². The number of rotatable bonds is 2. The maximum absolute atomic E-state index is 9.25. The van der Waals surface area contributed by atoms with Gasteiger partial charge in [0.1, 0.15) is 6.04 Å². The number of hydrogen-bond acceptors (Lipinski definition) is 2. The van der Waals surface area contributed by atoms with Crippen molar-refractivity contribution in [3.63, 3.8) is 0 Å². The zero-order valence-electron chi connectivity index (χ0n) is 10.0. The van der Waals surface area contributed by atoms with Crippen molar-refractivity contribution in [1.29, 1.82) is 5.26 Å². The SMILES string of the molecule is N#C[C@H]1[C@@H](c2ccccc2)N1C1CCCCC1. The Morgan fingerprint density at radius 2 is 1.76 bits per heavy atom. The third-order valence-electron chi connectivity index (χ3n) is 4.12. The minimum absolute atomic E-state index is 0.125. The van der Waals surface area contributed by atoms with Gasteiger partial charge in [-0.15, -0.1) is 0 Å². The maximum Gasteiger partial charge on any atom is 0.119 e. The number of nitriles is 1. The van der Waals surface area contributed by atoms with Crippen LogP contribution < -0.4 is 0 Å². The van der Waals surface area contributed by atoms with Gasteiger partial charge in [-0.2, -0.15) is 5.26 Å². The van der Waals surface area contributed by atoms with E-state index >= 15 is 0 Å². The third-order valence-corrected chi connectivity index (χ3v) is 4.12. The molecule has 1 aromatic carbocycles. The molecule has 0 bridgehead atoms. The molecule has 2 heteroatoms. The zero-order valence-corrected chi connectivity index (χ0v) is 10.0. The van der Waals surface area contributed by atoms with E-state index in [0.29, 0.717) is 12.1 Å². The van der Waals surface area contributed by atoms with E-state index in [1.807, 2.05) is 6.07 Å². The molecule has 17 heavy (non-hydrogen) atoms. The Morgan fingerprint density at radius 1 is 1.06 bits per heavy atom. The summed E-state index contributed by atoms with van der Waals surface area (Å²) in [5, 5.41) is 9.25. The van der Waals surface area contributed by atoms with Gasteiger partial charge in [0.25, 0.3) is 0 Å². The molecule has 1 saturated heterocycles. The largest absolute Gasteiger partial charge is 0.274 e. The van der Waals surface area contributed by atoms with Crippen molar-refractivity contribution >= 4 is 0 Å². The smallest absolute Gasteiger partial charge is 0.119 e. The summed E-state index contributed by atoms with van der Waals surface area (Å²) in [6, 6.07) is 14.1. The fourth-order valence-corrected chi connectivity index (χ4v) is 3.22. The molecule has 3 atom stereocenters. The first-order chi connectivity index (χ1) is 8.42. The summed E-state index contributed by atoms with van der Waals surface area (Å²) >= 11 is 0. The van der Waals surface area contributed by atoms with Gasteiger partial charge in [0, 0.05) is 6.04 Å². The first-order valence-corrected chi connectivity index (χ1v) is 6.64. The predicted molar refractivity (Wildman–Crippen MR) is 67.3 cm³/mol. The lowest BCUT2D eigenvalue weighted by Gasteiger charge is -2.23. The van der Waals surface area contributed by atoms with Crippen LogP contribution in [0.5, 0.6) is 0 Å². The Hall–Kier alpha value is -1.33. The minimum Gasteiger partial charge on any atom is -0.274 e. The first-order valence-electron chi connectivity index (χ1n) is 6.64. The van der Waals surface area contributed by atoms with Gasteiger partial charge in [0.2, 0.25) is 0 Å². The van der Waals surface area contributed by atoms with Crippen LogP contribution in [0.3, 0.4) is 0 Å². The predicted octanol–water partition coefficient (Wildman–Crippen LogP) is 3.27. The second-order valence-electron chi connectivity index (χ2n) is 5.17. The summed E-state index contributed by atoms with van der Waals surface area (Å²) < 4.78 is 0. The fourth-order valence-electron chi connectivity index (χ4n) is 3.22. The monoisotopic (exact) mass is 226 g/mol. The first kappa shape index (κ1) is 10.8. The average molecular weight is 226 g/mol. The molecule has 1 unspecified atom stereocenters. The van der Waals surface area contributed by atoms with E-state index in [-0.39, 0.29) is 6.04 Å². The second kappa shape index (κ2) is 4.50. The van der Waals surface area contributed by atoms with Crippen molar-refractivity contribution in [1.82, 2.24) is 4.90 Å². The molecule has 0 spiro atoms. The van der Waals surface area contributed by atoms with E-state index in [2.05, 4.69) is 35.2 Å². The molecule has 1 saturated carbocycles. The molecule has 0 radical (unpaired) electrons. The van der Waals surface area contributed by atoms with Gasteiger partial charge in [-0.05, 0) is 18.4 Å². The molecule has 2 nitrogen and oxygen atoms in total. The zero-order chi connectivity index (χ0) is 11.7. The third kappa shape index (κ3) is 1.96. The summed E-state index contributed by atoms with van der Waals surface area (Å²) in [5.74, 6) is 0. The van der Waals surface area contributed by atoms with Crippen molar-refractivity contribution in [2.24, 2.45) is 0 Å². The van der Waals surface area contributed by atoms with E-state index in [0.717, 1.165) is 0 Å². The molecule has 2 fully saturated rings. The van der Waals surface area contributed by atoms with Gasteiger partial charge in [-0.3, -0.25) is 4.90 Å². The minimum atomic E-state index is 0.125. The second-order valence-corrected chi connectivity index (χ2v) is 5.17. The van der Waals surface area contributed by atoms with Crippen molar-refractivity contribution in [2.75, 3.05) is 0 Å². The highest BCUT2D eigenvalue weighted by Crippen LogP contribution is 2.47. The molecule has 1 aliphatic heterocycles. The van der Waals surface area contributed by atoms with Gasteiger partial charge >= 0.3 is 0 Å². The average Bonchev–Trinajstić information content (AvgIpc) is 3.15. The van der Waals surface area contributed by atoms with Gasteiger partial charge in [0.15, 0.2) is 0 Å². The molecular formula is C15H18N2. The van der Waals surface area contributed by atoms with Crippen molar-refractivity contribution < 1.29 is 0 Å². The Balaban J connectivity index is 1.76. The topological polar surface area (TPSA) is 26.8 Å². The fraction of sp³-hybridized carbons (Fsp3) is 0.533. The van der Waals surface area contributed by atoms with Crippen molar-refractivity contribution in [3.8, 4) is 6.07 Å². The molecule has 1 aromatic rings. The lowest BCUT2D eigenvalue weighted by molar-refractivity contribution is 0.276. The van der Waals surface area contributed by atoms with Crippen LogP contribution in [0.2, 0.25) is 0 Å². The molecule has 0 aromatic heterocycles. The molecule has 3 rings (SSSR count). The normalized spacial score (nSPS) is 33.0. The van der Waals surface area contributed by atoms with Crippen molar-refractivity contribution in [2.45, 2.75) is 50.2 Å². The van der Waals surface area contributed by atoms with E-state index in [1.54, 1.807) is 0 Å². The Labute approximate surface area is 103 Å². The summed E-state index contributed by atoms with van der Waals surface area (Å²) in [5.41, 5.74) is 1.31. The van der Waals surface area contributed by atoms with Crippen LogP contribution in [0.25, 0.3) is 0 Å². The molecule has 88 valence electrons. The summed E-state index contributed by atoms with van der Waals surface area (Å²) in [7, 11) is 0. The molecule has 2 aliphatic rings. The quantitative estimate of drug-likeness (QED) is 0.724. The van der Waals surface area contributed by atoms with Gasteiger partial charge in [0.05, 0.1) is 12.1 Å². The van der Waals surface area contributed by atoms with Crippen LogP contribution in [0.1, 0.15) is 43.7 Å². The molecular weight excluding hydrogens is 208 g/mol. The lowest BCUT2D eigenvalue weighted by atomic mass is 9.95. The van der Waals surface area contributed by atoms with Crippen LogP contribution >= 0.6 is 0 Å². The molecule has 1 heterocycles. The van der Waals surface area contributed by atoms with Crippen LogP contribution in [0.15, 0.2) is 30.3 Å². The Morgan fingerprint density at radius 3 is 2.41 bits per heavy atom. The number of nitrogens with zero attached hydrogens (tertiary/aromatic N) is 2. The van der Waals surface area contributed by atoms with Gasteiger partial charge < -0.3 is 0 Å². The molecule has 0 N–H and O–H groups in total. The van der Waals surface area contributed by atoms with E-state index in [4.69, 9.17) is 0 Å². The van der Waals surface area contributed by atoms with Crippen LogP contribution in [-0.4, -0.2) is 17.0 Å². The Kier molecular flexibility index (Phi) is 2.86. The Bertz CT molecular complexity index is 414. The summed E-state index contributed by atoms with van der Waals surface area (Å²) in [6.07, 6.45) is 6.60. The summed E-state index contributed by atoms with van der Waals surface area (Å²) in [4.78, 5) is 2.43. The van der Waals surface area contributed by atoms with Gasteiger partial charge in [-0.25, -0.2) is 0 Å². The number of benzene rings is 1. The highest BCUT2D eigenvalue weighted by molar-refractivity contribution is 5.32. The lowest BCUT2D eigenvalue weighted by Crippen LogP contribution is -2.23. The van der Waals surface area contributed by atoms with E-state index in [1.165, 1.54) is 37.7 Å². The number of hydrogen-bond donors (Lipinski definition) is 0. The van der Waals surface area contributed by atoms with E-state index < -0.39 is 0 Å². The highest BCUT2D eigenvalue weighted by atomic mass is 15.4. The van der Waals surface area contributed by atoms with Crippen LogP contribution in [-0.2, 0) is 0 Å². The summed E-state index contributed by atoms with van der Waals surface area (Å²) in [6.45, 7) is 0. The highest BCUT2D eigenvalue weighted by Gasteiger charge is 2.52.